The maximum Gasteiger partial charge on any atom is 0.325 e. The Bertz CT molecular complexity index is 790. The van der Waals surface area contributed by atoms with Crippen LogP contribution in [0.5, 0.6) is 0 Å². The third-order valence-corrected chi connectivity index (χ3v) is 4.25. The van der Waals surface area contributed by atoms with Gasteiger partial charge in [0.15, 0.2) is 12.2 Å². The lowest BCUT2D eigenvalue weighted by Gasteiger charge is -2.34. The molecular weight excluding hydrogens is 301 g/mol. The molecule has 1 N–H and O–H groups in total. The standard InChI is InChI=1S/C15H14FN5O2/c1-8-7-20-11-12(19(2)15(23)18-13(11)22)17-14(20)21(8)10-6-4-3-5-9(10)16/h3-7,11-12H,1-2H3,(H,18,22,23). The van der Waals surface area contributed by atoms with Crippen LogP contribution in [0, 0.1) is 5.82 Å². The minimum Gasteiger partial charge on any atom is -0.303 e. The molecule has 1 aromatic carbocycles. The lowest BCUT2D eigenvalue weighted by molar-refractivity contribution is -0.126. The molecule has 8 heteroatoms. The predicted molar refractivity (Wildman–Crippen MR) is 80.8 cm³/mol. The van der Waals surface area contributed by atoms with Crippen LogP contribution >= 0.6 is 0 Å². The molecule has 4 rings (SSSR count). The van der Waals surface area contributed by atoms with Crippen LogP contribution < -0.4 is 10.2 Å². The van der Waals surface area contributed by atoms with Crippen molar-refractivity contribution in [2.75, 3.05) is 11.9 Å². The van der Waals surface area contributed by atoms with Crippen LogP contribution in [0.3, 0.4) is 0 Å². The molecule has 0 bridgehead atoms. The van der Waals surface area contributed by atoms with Crippen LogP contribution in [0.1, 0.15) is 6.92 Å². The van der Waals surface area contributed by atoms with Gasteiger partial charge in [0, 0.05) is 18.9 Å². The number of imide groups is 1. The number of anilines is 1. The van der Waals surface area contributed by atoms with Crippen LogP contribution in [0.4, 0.5) is 14.9 Å². The van der Waals surface area contributed by atoms with E-state index in [0.717, 1.165) is 5.70 Å². The van der Waals surface area contributed by atoms with Gasteiger partial charge in [0.05, 0.1) is 5.69 Å². The maximum atomic E-state index is 14.2. The van der Waals surface area contributed by atoms with E-state index in [1.54, 1.807) is 41.2 Å². The van der Waals surface area contributed by atoms with Gasteiger partial charge in [0.25, 0.3) is 5.91 Å². The fraction of sp³-hybridized carbons (Fsp3) is 0.267. The van der Waals surface area contributed by atoms with Crippen LogP contribution in [-0.4, -0.2) is 47.0 Å². The first-order chi connectivity index (χ1) is 11.0. The van der Waals surface area contributed by atoms with Crippen molar-refractivity contribution in [1.29, 1.82) is 0 Å². The summed E-state index contributed by atoms with van der Waals surface area (Å²) in [7, 11) is 1.58. The van der Waals surface area contributed by atoms with Gasteiger partial charge in [0.2, 0.25) is 5.96 Å². The highest BCUT2D eigenvalue weighted by atomic mass is 19.1. The molecule has 2 atom stereocenters. The summed E-state index contributed by atoms with van der Waals surface area (Å²) in [4.78, 5) is 33.2. The second-order valence-electron chi connectivity index (χ2n) is 5.66. The number of fused-ring (bicyclic) bond motifs is 3. The van der Waals surface area contributed by atoms with Crippen LogP contribution in [-0.2, 0) is 4.79 Å². The smallest absolute Gasteiger partial charge is 0.303 e. The summed E-state index contributed by atoms with van der Waals surface area (Å²) < 4.78 is 14.2. The highest BCUT2D eigenvalue weighted by Gasteiger charge is 2.51. The topological polar surface area (TPSA) is 68.2 Å². The Morgan fingerprint density at radius 2 is 2.00 bits per heavy atom. The Balaban J connectivity index is 1.79. The summed E-state index contributed by atoms with van der Waals surface area (Å²) in [6.45, 7) is 1.82. The van der Waals surface area contributed by atoms with Gasteiger partial charge in [-0.3, -0.25) is 15.0 Å². The van der Waals surface area contributed by atoms with Crippen LogP contribution in [0.2, 0.25) is 0 Å². The zero-order valence-electron chi connectivity index (χ0n) is 12.5. The number of nitrogens with zero attached hydrogens (tertiary/aromatic N) is 4. The number of benzene rings is 1. The minimum atomic E-state index is -0.639. The number of para-hydroxylation sites is 1. The molecule has 0 spiro atoms. The number of urea groups is 1. The van der Waals surface area contributed by atoms with E-state index < -0.39 is 24.1 Å². The lowest BCUT2D eigenvalue weighted by Crippen LogP contribution is -2.62. The third kappa shape index (κ3) is 1.77. The van der Waals surface area contributed by atoms with Gasteiger partial charge in [-0.25, -0.2) is 14.2 Å². The van der Waals surface area contributed by atoms with E-state index in [9.17, 15) is 14.0 Å². The number of halogens is 1. The quantitative estimate of drug-likeness (QED) is 0.841. The van der Waals surface area contributed by atoms with Crippen molar-refractivity contribution in [3.63, 3.8) is 0 Å². The third-order valence-electron chi connectivity index (χ3n) is 4.25. The number of carbonyl (C=O) groups excluding carboxylic acids is 2. The second kappa shape index (κ2) is 4.55. The van der Waals surface area contributed by atoms with Crippen LogP contribution in [0.25, 0.3) is 0 Å². The summed E-state index contributed by atoms with van der Waals surface area (Å²) in [5, 5.41) is 2.31. The van der Waals surface area contributed by atoms with Crippen molar-refractivity contribution < 1.29 is 14.0 Å². The van der Waals surface area contributed by atoms with E-state index in [2.05, 4.69) is 10.3 Å². The molecule has 0 aliphatic carbocycles. The molecule has 3 heterocycles. The Kier molecular flexibility index (Phi) is 2.72. The van der Waals surface area contributed by atoms with Gasteiger partial charge >= 0.3 is 6.03 Å². The molecule has 2 unspecified atom stereocenters. The fourth-order valence-corrected chi connectivity index (χ4v) is 3.13. The number of nitrogens with one attached hydrogen (secondary N) is 1. The lowest BCUT2D eigenvalue weighted by atomic mass is 10.1. The molecule has 1 saturated heterocycles. The SMILES string of the molecule is CC1=CN2C(=NC3C2C(=O)NC(=O)N3C)N1c1ccccc1F. The molecule has 1 aromatic rings. The monoisotopic (exact) mass is 315 g/mol. The highest BCUT2D eigenvalue weighted by molar-refractivity contribution is 6.09. The molecule has 0 radical (unpaired) electrons. The van der Waals surface area contributed by atoms with Gasteiger partial charge < -0.3 is 9.80 Å². The molecule has 3 aliphatic rings. The van der Waals surface area contributed by atoms with E-state index >= 15 is 0 Å². The highest BCUT2D eigenvalue weighted by Crippen LogP contribution is 2.35. The minimum absolute atomic E-state index is 0.357. The van der Waals surface area contributed by atoms with Crippen molar-refractivity contribution >= 4 is 23.6 Å². The van der Waals surface area contributed by atoms with Crippen molar-refractivity contribution in [1.82, 2.24) is 15.1 Å². The molecule has 23 heavy (non-hydrogen) atoms. The van der Waals surface area contributed by atoms with Crippen molar-refractivity contribution in [3.8, 4) is 0 Å². The molecular formula is C15H14FN5O2. The largest absolute Gasteiger partial charge is 0.325 e. The number of amides is 3. The first kappa shape index (κ1) is 13.7. The molecule has 0 aromatic heterocycles. The van der Waals surface area contributed by atoms with Gasteiger partial charge in [-0.2, -0.15) is 0 Å². The number of hydrogen-bond acceptors (Lipinski definition) is 5. The molecule has 118 valence electrons. The first-order valence-electron chi connectivity index (χ1n) is 7.16. The number of allylic oxidation sites excluding steroid dienone is 1. The summed E-state index contributed by atoms with van der Waals surface area (Å²) in [5.74, 6) is -0.343. The fourth-order valence-electron chi connectivity index (χ4n) is 3.13. The normalized spacial score (nSPS) is 26.0. The van der Waals surface area contributed by atoms with Crippen molar-refractivity contribution in [2.24, 2.45) is 4.99 Å². The Morgan fingerprint density at radius 3 is 2.74 bits per heavy atom. The zero-order valence-corrected chi connectivity index (χ0v) is 12.5. The Morgan fingerprint density at radius 1 is 1.26 bits per heavy atom. The number of rotatable bonds is 1. The summed E-state index contributed by atoms with van der Waals surface area (Å²) in [6, 6.07) is 5.24. The number of hydrogen-bond donors (Lipinski definition) is 1. The summed E-state index contributed by atoms with van der Waals surface area (Å²) in [6.07, 6.45) is 1.13. The Labute approximate surface area is 131 Å². The number of aliphatic imine (C=N–C) groups is 1. The van der Waals surface area contributed by atoms with E-state index in [-0.39, 0.29) is 5.82 Å². The predicted octanol–water partition coefficient (Wildman–Crippen LogP) is 1.05. The molecule has 3 aliphatic heterocycles. The maximum absolute atomic E-state index is 14.2. The van der Waals surface area contributed by atoms with E-state index in [4.69, 9.17) is 0 Å². The number of likely N-dealkylation sites (N-methyl/N-ethyl adjacent to an activating group) is 1. The molecule has 1 fully saturated rings. The average molecular weight is 315 g/mol. The molecule has 7 nitrogen and oxygen atoms in total. The van der Waals surface area contributed by atoms with Crippen molar-refractivity contribution in [3.05, 3.63) is 42.0 Å². The Hall–Kier alpha value is -2.90. The van der Waals surface area contributed by atoms with E-state index in [1.165, 1.54) is 11.0 Å². The molecule has 3 amide bonds. The van der Waals surface area contributed by atoms with Gasteiger partial charge in [0.1, 0.15) is 5.82 Å². The van der Waals surface area contributed by atoms with Gasteiger partial charge in [-0.1, -0.05) is 12.1 Å². The average Bonchev–Trinajstić information content (AvgIpc) is 3.01. The number of guanidine groups is 1. The van der Waals surface area contributed by atoms with Gasteiger partial charge in [-0.05, 0) is 19.1 Å². The van der Waals surface area contributed by atoms with Crippen molar-refractivity contribution in [2.45, 2.75) is 19.1 Å². The van der Waals surface area contributed by atoms with Gasteiger partial charge in [-0.15, -0.1) is 0 Å². The zero-order chi connectivity index (χ0) is 16.3. The second-order valence-corrected chi connectivity index (χ2v) is 5.66. The number of carbonyl (C=O) groups is 2. The first-order valence-corrected chi connectivity index (χ1v) is 7.16. The van der Waals surface area contributed by atoms with E-state index in [0.29, 0.717) is 11.6 Å². The van der Waals surface area contributed by atoms with E-state index in [1.807, 2.05) is 6.92 Å². The summed E-state index contributed by atoms with van der Waals surface area (Å²) >= 11 is 0. The summed E-state index contributed by atoms with van der Waals surface area (Å²) in [5.41, 5.74) is 1.11. The van der Waals surface area contributed by atoms with Crippen LogP contribution in [0.15, 0.2) is 41.2 Å². The molecule has 0 saturated carbocycles.